The summed E-state index contributed by atoms with van der Waals surface area (Å²) in [5.74, 6) is 0.554. The maximum atomic E-state index is 5.99. The molecule has 108 valence electrons. The lowest BCUT2D eigenvalue weighted by Gasteiger charge is -2.06. The van der Waals surface area contributed by atoms with Crippen LogP contribution in [0, 0.1) is 6.92 Å². The number of rotatable bonds is 5. The van der Waals surface area contributed by atoms with Gasteiger partial charge in [0.05, 0.1) is 16.3 Å². The van der Waals surface area contributed by atoms with Gasteiger partial charge in [0.15, 0.2) is 0 Å². The average molecular weight is 317 g/mol. The molecule has 3 N–H and O–H groups in total. The van der Waals surface area contributed by atoms with Gasteiger partial charge in [-0.25, -0.2) is 4.98 Å². The minimum atomic E-state index is 0.554. The molecule has 7 heteroatoms. The fourth-order valence-electron chi connectivity index (χ4n) is 2.05. The van der Waals surface area contributed by atoms with E-state index < -0.39 is 0 Å². The largest absolute Gasteiger partial charge is 0.382 e. The lowest BCUT2D eigenvalue weighted by molar-refractivity contribution is 0.972. The zero-order chi connectivity index (χ0) is 14.7. The molecule has 3 rings (SSSR count). The summed E-state index contributed by atoms with van der Waals surface area (Å²) in [7, 11) is 0. The highest BCUT2D eigenvalue weighted by Crippen LogP contribution is 2.36. The van der Waals surface area contributed by atoms with E-state index in [-0.39, 0.29) is 0 Å². The normalized spacial score (nSPS) is 10.7. The Hall–Kier alpha value is -1.99. The predicted molar refractivity (Wildman–Crippen MR) is 88.8 cm³/mol. The molecule has 0 radical (unpaired) electrons. The van der Waals surface area contributed by atoms with Crippen LogP contribution in [0.5, 0.6) is 0 Å². The summed E-state index contributed by atoms with van der Waals surface area (Å²) in [5.41, 5.74) is 9.09. The van der Waals surface area contributed by atoms with Crippen molar-refractivity contribution in [1.82, 2.24) is 14.3 Å². The number of thiazole rings is 1. The number of nitrogens with one attached hydrogen (secondary N) is 1. The number of nitrogen functional groups attached to an aromatic ring is 1. The van der Waals surface area contributed by atoms with E-state index in [4.69, 9.17) is 5.73 Å². The maximum Gasteiger partial charge on any atom is 0.147 e. The van der Waals surface area contributed by atoms with Crippen molar-refractivity contribution < 1.29 is 0 Å². The Labute approximate surface area is 131 Å². The topological polar surface area (TPSA) is 76.7 Å². The summed E-state index contributed by atoms with van der Waals surface area (Å²) in [6.45, 7) is 2.83. The summed E-state index contributed by atoms with van der Waals surface area (Å²) < 4.78 is 4.25. The number of aromatic nitrogens is 3. The van der Waals surface area contributed by atoms with E-state index in [1.807, 2.05) is 19.1 Å². The van der Waals surface area contributed by atoms with Gasteiger partial charge in [-0.2, -0.15) is 4.37 Å². The minimum absolute atomic E-state index is 0.554. The monoisotopic (exact) mass is 317 g/mol. The molecule has 0 aliphatic rings. The molecular weight excluding hydrogens is 302 g/mol. The Morgan fingerprint density at radius 2 is 2.10 bits per heavy atom. The van der Waals surface area contributed by atoms with Crippen LogP contribution in [0.1, 0.15) is 10.7 Å². The van der Waals surface area contributed by atoms with Crippen molar-refractivity contribution >= 4 is 33.7 Å². The van der Waals surface area contributed by atoms with Crippen molar-refractivity contribution in [3.63, 3.8) is 0 Å². The zero-order valence-corrected chi connectivity index (χ0v) is 13.2. The lowest BCUT2D eigenvalue weighted by Crippen LogP contribution is -2.05. The molecule has 0 saturated carbocycles. The van der Waals surface area contributed by atoms with Crippen LogP contribution in [-0.2, 0) is 6.42 Å². The zero-order valence-electron chi connectivity index (χ0n) is 11.5. The second-order valence-corrected chi connectivity index (χ2v) is 6.38. The predicted octanol–water partition coefficient (Wildman–Crippen LogP) is 3.21. The fraction of sp³-hybridized carbons (Fsp3) is 0.214. The van der Waals surface area contributed by atoms with Crippen LogP contribution in [-0.4, -0.2) is 20.9 Å². The summed E-state index contributed by atoms with van der Waals surface area (Å²) in [6, 6.07) is 3.88. The first-order valence-corrected chi connectivity index (χ1v) is 8.20. The van der Waals surface area contributed by atoms with Crippen molar-refractivity contribution in [3.05, 3.63) is 40.6 Å². The summed E-state index contributed by atoms with van der Waals surface area (Å²) >= 11 is 3.07. The Kier molecular flexibility index (Phi) is 4.12. The van der Waals surface area contributed by atoms with Crippen molar-refractivity contribution in [1.29, 1.82) is 0 Å². The van der Waals surface area contributed by atoms with Gasteiger partial charge >= 0.3 is 0 Å². The lowest BCUT2D eigenvalue weighted by atomic mass is 10.1. The van der Waals surface area contributed by atoms with Gasteiger partial charge in [-0.1, -0.05) is 0 Å². The van der Waals surface area contributed by atoms with Gasteiger partial charge in [-0.15, -0.1) is 11.3 Å². The van der Waals surface area contributed by atoms with E-state index in [1.54, 1.807) is 23.7 Å². The maximum absolute atomic E-state index is 5.99. The van der Waals surface area contributed by atoms with Crippen molar-refractivity contribution in [2.45, 2.75) is 13.3 Å². The molecule has 21 heavy (non-hydrogen) atoms. The van der Waals surface area contributed by atoms with Gasteiger partial charge in [0.1, 0.15) is 10.8 Å². The van der Waals surface area contributed by atoms with Crippen molar-refractivity contribution in [3.8, 4) is 11.1 Å². The fourth-order valence-corrected chi connectivity index (χ4v) is 3.46. The third-order valence-electron chi connectivity index (χ3n) is 3.02. The molecular formula is C14H15N5S2. The number of nitrogens with zero attached hydrogens (tertiary/aromatic N) is 3. The molecule has 0 aromatic carbocycles. The van der Waals surface area contributed by atoms with Crippen molar-refractivity contribution in [2.24, 2.45) is 0 Å². The third-order valence-corrected chi connectivity index (χ3v) is 4.66. The number of nitrogens with two attached hydrogens (primary N) is 1. The Balaban J connectivity index is 1.72. The molecule has 0 atom stereocenters. The molecule has 3 aromatic heterocycles. The van der Waals surface area contributed by atoms with E-state index in [9.17, 15) is 0 Å². The Morgan fingerprint density at radius 3 is 2.81 bits per heavy atom. The van der Waals surface area contributed by atoms with E-state index in [0.717, 1.165) is 39.8 Å². The Morgan fingerprint density at radius 1 is 1.29 bits per heavy atom. The van der Waals surface area contributed by atoms with Gasteiger partial charge in [-0.05, 0) is 36.2 Å². The third kappa shape index (κ3) is 3.20. The highest BCUT2D eigenvalue weighted by Gasteiger charge is 2.13. The highest BCUT2D eigenvalue weighted by atomic mass is 32.1. The summed E-state index contributed by atoms with van der Waals surface area (Å²) in [5, 5.41) is 7.60. The number of aryl methyl sites for hydroxylation is 1. The molecule has 0 unspecified atom stereocenters. The van der Waals surface area contributed by atoms with Gasteiger partial charge in [0.25, 0.3) is 0 Å². The van der Waals surface area contributed by atoms with E-state index >= 15 is 0 Å². The minimum Gasteiger partial charge on any atom is -0.382 e. The van der Waals surface area contributed by atoms with Crippen molar-refractivity contribution in [2.75, 3.05) is 17.6 Å². The Bertz CT molecular complexity index is 720. The molecule has 0 spiro atoms. The van der Waals surface area contributed by atoms with Crippen LogP contribution in [0.3, 0.4) is 0 Å². The molecule has 0 fully saturated rings. The van der Waals surface area contributed by atoms with Crippen LogP contribution >= 0.6 is 22.9 Å². The first-order valence-electron chi connectivity index (χ1n) is 6.54. The van der Waals surface area contributed by atoms with Crippen LogP contribution in [0.4, 0.5) is 10.8 Å². The molecule has 0 saturated heterocycles. The number of anilines is 2. The smallest absolute Gasteiger partial charge is 0.147 e. The van der Waals surface area contributed by atoms with Crippen LogP contribution < -0.4 is 11.1 Å². The molecule has 5 nitrogen and oxygen atoms in total. The van der Waals surface area contributed by atoms with Crippen LogP contribution in [0.2, 0.25) is 0 Å². The number of pyridine rings is 1. The first-order chi connectivity index (χ1) is 10.2. The van der Waals surface area contributed by atoms with E-state index in [0.29, 0.717) is 5.82 Å². The van der Waals surface area contributed by atoms with Crippen LogP contribution in [0.15, 0.2) is 29.9 Å². The van der Waals surface area contributed by atoms with Gasteiger partial charge in [0.2, 0.25) is 0 Å². The second kappa shape index (κ2) is 6.19. The van der Waals surface area contributed by atoms with Gasteiger partial charge < -0.3 is 11.1 Å². The quantitative estimate of drug-likeness (QED) is 0.755. The standard InChI is InChI=1S/C14H15N5S2/c1-9-18-11(8-20-9)4-7-17-14-12(13(15)19-21-14)10-2-5-16-6-3-10/h2-3,5-6,8,17H,4,7H2,1H3,(H2,15,19). The van der Waals surface area contributed by atoms with E-state index in [2.05, 4.69) is 25.0 Å². The van der Waals surface area contributed by atoms with Crippen LogP contribution in [0.25, 0.3) is 11.1 Å². The SMILES string of the molecule is Cc1nc(CCNc2snc(N)c2-c2ccncc2)cs1. The molecule has 0 aliphatic heterocycles. The first kappa shape index (κ1) is 14.0. The number of hydrogen-bond acceptors (Lipinski definition) is 7. The van der Waals surface area contributed by atoms with Gasteiger partial charge in [-0.3, -0.25) is 4.98 Å². The molecule has 0 aliphatic carbocycles. The molecule has 3 heterocycles. The highest BCUT2D eigenvalue weighted by molar-refractivity contribution is 7.11. The summed E-state index contributed by atoms with van der Waals surface area (Å²) in [4.78, 5) is 8.49. The molecule has 0 amide bonds. The molecule has 0 bridgehead atoms. The summed E-state index contributed by atoms with van der Waals surface area (Å²) in [6.07, 6.45) is 4.40. The average Bonchev–Trinajstić information content (AvgIpc) is 3.06. The molecule has 3 aromatic rings. The van der Waals surface area contributed by atoms with Gasteiger partial charge in [0, 0.05) is 30.7 Å². The second-order valence-electron chi connectivity index (χ2n) is 4.54. The van der Waals surface area contributed by atoms with E-state index in [1.165, 1.54) is 11.5 Å². The number of hydrogen-bond donors (Lipinski definition) is 2.